The lowest BCUT2D eigenvalue weighted by molar-refractivity contribution is -0.152. The SMILES string of the molecule is O=C(COC(=O)C1CCCN(c2ncccc2C(F)(F)F)C1)NCc1ccc(Cl)cc1. The molecular formula is C21H21ClF3N3O3. The van der Waals surface area contributed by atoms with Crippen LogP contribution >= 0.6 is 11.6 Å². The van der Waals surface area contributed by atoms with Crippen molar-refractivity contribution in [2.45, 2.75) is 25.6 Å². The highest BCUT2D eigenvalue weighted by molar-refractivity contribution is 6.30. The van der Waals surface area contributed by atoms with Crippen LogP contribution in [-0.4, -0.2) is 36.6 Å². The Morgan fingerprint density at radius 1 is 1.23 bits per heavy atom. The highest BCUT2D eigenvalue weighted by Crippen LogP contribution is 2.36. The molecule has 166 valence electrons. The van der Waals surface area contributed by atoms with E-state index < -0.39 is 36.1 Å². The normalized spacial score (nSPS) is 16.6. The second-order valence-corrected chi connectivity index (χ2v) is 7.60. The van der Waals surface area contributed by atoms with E-state index in [0.717, 1.165) is 11.6 Å². The minimum absolute atomic E-state index is 0.0469. The molecule has 0 bridgehead atoms. The number of rotatable bonds is 6. The maximum Gasteiger partial charge on any atom is 0.419 e. The number of anilines is 1. The van der Waals surface area contributed by atoms with Crippen molar-refractivity contribution >= 4 is 29.3 Å². The van der Waals surface area contributed by atoms with Gasteiger partial charge in [-0.3, -0.25) is 9.59 Å². The zero-order valence-corrected chi connectivity index (χ0v) is 17.2. The third kappa shape index (κ3) is 6.33. The minimum Gasteiger partial charge on any atom is -0.455 e. The van der Waals surface area contributed by atoms with Crippen LogP contribution in [0.4, 0.5) is 19.0 Å². The lowest BCUT2D eigenvalue weighted by atomic mass is 9.98. The molecule has 0 aliphatic carbocycles. The van der Waals surface area contributed by atoms with Crippen LogP contribution in [0.2, 0.25) is 5.02 Å². The number of hydrogen-bond acceptors (Lipinski definition) is 5. The van der Waals surface area contributed by atoms with Crippen LogP contribution in [0.5, 0.6) is 0 Å². The molecule has 1 unspecified atom stereocenters. The van der Waals surface area contributed by atoms with Crippen LogP contribution in [0.1, 0.15) is 24.0 Å². The molecule has 2 aromatic rings. The number of carbonyl (C=O) groups is 2. The number of halogens is 4. The smallest absolute Gasteiger partial charge is 0.419 e. The second kappa shape index (κ2) is 10.00. The van der Waals surface area contributed by atoms with Crippen LogP contribution in [-0.2, 0) is 27.0 Å². The van der Waals surface area contributed by atoms with Crippen LogP contribution in [0.3, 0.4) is 0 Å². The predicted octanol–water partition coefficient (Wildman–Crippen LogP) is 3.83. The number of esters is 1. The Morgan fingerprint density at radius 2 is 1.97 bits per heavy atom. The molecule has 1 aromatic carbocycles. The van der Waals surface area contributed by atoms with Crippen LogP contribution in [0.15, 0.2) is 42.6 Å². The summed E-state index contributed by atoms with van der Waals surface area (Å²) in [7, 11) is 0. The van der Waals surface area contributed by atoms with Crippen molar-refractivity contribution in [2.75, 3.05) is 24.6 Å². The van der Waals surface area contributed by atoms with E-state index in [1.807, 2.05) is 0 Å². The molecule has 1 atom stereocenters. The first kappa shape index (κ1) is 22.9. The third-order valence-electron chi connectivity index (χ3n) is 4.89. The summed E-state index contributed by atoms with van der Waals surface area (Å²) in [5.74, 6) is -1.93. The number of amides is 1. The lowest BCUT2D eigenvalue weighted by Gasteiger charge is -2.33. The molecule has 0 saturated carbocycles. The highest BCUT2D eigenvalue weighted by Gasteiger charge is 2.37. The van der Waals surface area contributed by atoms with Gasteiger partial charge in [-0.25, -0.2) is 4.98 Å². The van der Waals surface area contributed by atoms with Crippen LogP contribution < -0.4 is 10.2 Å². The summed E-state index contributed by atoms with van der Waals surface area (Å²) in [5.41, 5.74) is -0.00609. The van der Waals surface area contributed by atoms with Gasteiger partial charge in [0, 0.05) is 30.9 Å². The van der Waals surface area contributed by atoms with Crippen molar-refractivity contribution in [3.63, 3.8) is 0 Å². The fourth-order valence-electron chi connectivity index (χ4n) is 3.34. The summed E-state index contributed by atoms with van der Waals surface area (Å²) in [6, 6.07) is 9.11. The number of benzene rings is 1. The van der Waals surface area contributed by atoms with Crippen molar-refractivity contribution in [1.29, 1.82) is 0 Å². The predicted molar refractivity (Wildman–Crippen MR) is 108 cm³/mol. The van der Waals surface area contributed by atoms with Crippen LogP contribution in [0, 0.1) is 5.92 Å². The van der Waals surface area contributed by atoms with E-state index in [0.29, 0.717) is 24.4 Å². The van der Waals surface area contributed by atoms with Crippen molar-refractivity contribution in [3.05, 3.63) is 58.7 Å². The van der Waals surface area contributed by atoms with E-state index in [4.69, 9.17) is 16.3 Å². The number of aromatic nitrogens is 1. The maximum absolute atomic E-state index is 13.3. The third-order valence-corrected chi connectivity index (χ3v) is 5.15. The maximum atomic E-state index is 13.3. The zero-order chi connectivity index (χ0) is 22.4. The Hall–Kier alpha value is -2.81. The largest absolute Gasteiger partial charge is 0.455 e. The van der Waals surface area contributed by atoms with Gasteiger partial charge in [0.25, 0.3) is 5.91 Å². The van der Waals surface area contributed by atoms with Crippen molar-refractivity contribution in [2.24, 2.45) is 5.92 Å². The van der Waals surface area contributed by atoms with E-state index in [-0.39, 0.29) is 18.9 Å². The Labute approximate surface area is 182 Å². The molecule has 1 aliphatic rings. The minimum atomic E-state index is -4.54. The van der Waals surface area contributed by atoms with Crippen molar-refractivity contribution in [1.82, 2.24) is 10.3 Å². The molecule has 0 radical (unpaired) electrons. The summed E-state index contributed by atoms with van der Waals surface area (Å²) in [5, 5.41) is 3.21. The fraction of sp³-hybridized carbons (Fsp3) is 0.381. The summed E-state index contributed by atoms with van der Waals surface area (Å²) >= 11 is 5.81. The standard InChI is InChI=1S/C21H21ClF3N3O3/c22-16-7-5-14(6-8-16)11-27-18(29)13-31-20(30)15-3-2-10-28(12-15)19-17(21(23,24)25)4-1-9-26-19/h1,4-9,15H,2-3,10-13H2,(H,27,29). The molecule has 1 aromatic heterocycles. The molecule has 1 N–H and O–H groups in total. The summed E-state index contributed by atoms with van der Waals surface area (Å²) in [6.45, 7) is 0.196. The molecule has 1 saturated heterocycles. The second-order valence-electron chi connectivity index (χ2n) is 7.17. The van der Waals surface area contributed by atoms with Gasteiger partial charge < -0.3 is 15.0 Å². The summed E-state index contributed by atoms with van der Waals surface area (Å²) < 4.78 is 44.9. The van der Waals surface area contributed by atoms with Crippen LogP contribution in [0.25, 0.3) is 0 Å². The molecule has 31 heavy (non-hydrogen) atoms. The zero-order valence-electron chi connectivity index (χ0n) is 16.5. The van der Waals surface area contributed by atoms with Gasteiger partial charge in [0.2, 0.25) is 0 Å². The first-order valence-corrected chi connectivity index (χ1v) is 10.1. The van der Waals surface area contributed by atoms with Gasteiger partial charge in [0.05, 0.1) is 11.5 Å². The van der Waals surface area contributed by atoms with Gasteiger partial charge in [0.1, 0.15) is 5.82 Å². The van der Waals surface area contributed by atoms with Gasteiger partial charge in [0.15, 0.2) is 6.61 Å². The number of alkyl halides is 3. The number of hydrogen-bond donors (Lipinski definition) is 1. The lowest BCUT2D eigenvalue weighted by Crippen LogP contribution is -2.41. The molecule has 3 rings (SSSR count). The molecule has 0 spiro atoms. The van der Waals surface area contributed by atoms with E-state index in [9.17, 15) is 22.8 Å². The van der Waals surface area contributed by atoms with Gasteiger partial charge in [-0.15, -0.1) is 0 Å². The van der Waals surface area contributed by atoms with Gasteiger partial charge in [-0.1, -0.05) is 23.7 Å². The number of carbonyl (C=O) groups excluding carboxylic acids is 2. The van der Waals surface area contributed by atoms with Crippen molar-refractivity contribution < 1.29 is 27.5 Å². The molecular weight excluding hydrogens is 435 g/mol. The Balaban J connectivity index is 1.52. The Kier molecular flexibility index (Phi) is 7.37. The molecule has 10 heteroatoms. The van der Waals surface area contributed by atoms with E-state index in [2.05, 4.69) is 10.3 Å². The van der Waals surface area contributed by atoms with E-state index >= 15 is 0 Å². The first-order chi connectivity index (χ1) is 14.7. The fourth-order valence-corrected chi connectivity index (χ4v) is 3.47. The summed E-state index contributed by atoms with van der Waals surface area (Å²) in [6.07, 6.45) is -2.27. The molecule has 1 aliphatic heterocycles. The number of pyridine rings is 1. The van der Waals surface area contributed by atoms with Gasteiger partial charge >= 0.3 is 12.1 Å². The van der Waals surface area contributed by atoms with Gasteiger partial charge in [-0.05, 0) is 42.7 Å². The number of nitrogens with one attached hydrogen (secondary N) is 1. The van der Waals surface area contributed by atoms with E-state index in [1.54, 1.807) is 24.3 Å². The quantitative estimate of drug-likeness (QED) is 0.670. The van der Waals surface area contributed by atoms with Crippen molar-refractivity contribution in [3.8, 4) is 0 Å². The van der Waals surface area contributed by atoms with E-state index in [1.165, 1.54) is 17.2 Å². The topological polar surface area (TPSA) is 71.5 Å². The van der Waals surface area contributed by atoms with Gasteiger partial charge in [-0.2, -0.15) is 13.2 Å². The Morgan fingerprint density at radius 3 is 2.68 bits per heavy atom. The molecule has 1 amide bonds. The summed E-state index contributed by atoms with van der Waals surface area (Å²) in [4.78, 5) is 29.7. The number of nitrogens with zero attached hydrogens (tertiary/aromatic N) is 2. The monoisotopic (exact) mass is 455 g/mol. The average Bonchev–Trinajstić information content (AvgIpc) is 2.76. The number of piperidine rings is 1. The Bertz CT molecular complexity index is 922. The molecule has 6 nitrogen and oxygen atoms in total. The molecule has 1 fully saturated rings. The first-order valence-electron chi connectivity index (χ1n) is 9.69. The molecule has 2 heterocycles. The number of ether oxygens (including phenoxy) is 1. The average molecular weight is 456 g/mol. The highest BCUT2D eigenvalue weighted by atomic mass is 35.5.